The fourth-order valence-corrected chi connectivity index (χ4v) is 5.59. The molecule has 1 aliphatic rings. The molecular formula is C19H28N4O2S2. The first-order chi connectivity index (χ1) is 12.7. The van der Waals surface area contributed by atoms with Crippen molar-refractivity contribution in [2.45, 2.75) is 39.9 Å². The summed E-state index contributed by atoms with van der Waals surface area (Å²) >= 11 is 5.62. The number of sulfone groups is 1. The molecule has 1 fully saturated rings. The van der Waals surface area contributed by atoms with Gasteiger partial charge in [0.05, 0.1) is 18.2 Å². The van der Waals surface area contributed by atoms with E-state index >= 15 is 0 Å². The molecule has 148 valence electrons. The minimum atomic E-state index is -2.93. The highest BCUT2D eigenvalue weighted by Gasteiger charge is 2.33. The van der Waals surface area contributed by atoms with Crippen LogP contribution in [-0.2, 0) is 23.6 Å². The van der Waals surface area contributed by atoms with Gasteiger partial charge in [0.1, 0.15) is 0 Å². The summed E-state index contributed by atoms with van der Waals surface area (Å²) in [6, 6.07) is 8.23. The summed E-state index contributed by atoms with van der Waals surface area (Å²) in [4.78, 5) is 2.22. The summed E-state index contributed by atoms with van der Waals surface area (Å²) < 4.78 is 28.3. The van der Waals surface area contributed by atoms with E-state index in [9.17, 15) is 8.42 Å². The molecule has 0 saturated carbocycles. The molecule has 2 aromatic rings. The second-order valence-electron chi connectivity index (χ2n) is 7.90. The molecule has 1 atom stereocenters. The van der Waals surface area contributed by atoms with Crippen LogP contribution in [0, 0.1) is 17.6 Å². The Bertz CT molecular complexity index is 976. The highest BCUT2D eigenvalue weighted by atomic mass is 32.2. The van der Waals surface area contributed by atoms with Gasteiger partial charge in [-0.05, 0) is 37.5 Å². The van der Waals surface area contributed by atoms with E-state index in [1.54, 1.807) is 0 Å². The number of rotatable bonds is 6. The molecule has 2 heterocycles. The fourth-order valence-electron chi connectivity index (χ4n) is 3.64. The van der Waals surface area contributed by atoms with Gasteiger partial charge in [0.2, 0.25) is 0 Å². The minimum absolute atomic E-state index is 0.0312. The summed E-state index contributed by atoms with van der Waals surface area (Å²) in [6.45, 7) is 7.67. The average molecular weight is 409 g/mol. The van der Waals surface area contributed by atoms with Crippen molar-refractivity contribution in [2.75, 3.05) is 18.1 Å². The molecule has 1 aliphatic heterocycles. The van der Waals surface area contributed by atoms with Crippen molar-refractivity contribution in [2.24, 2.45) is 13.0 Å². The summed E-state index contributed by atoms with van der Waals surface area (Å²) in [7, 11) is -1.01. The van der Waals surface area contributed by atoms with Gasteiger partial charge in [-0.2, -0.15) is 5.10 Å². The maximum atomic E-state index is 12.0. The molecule has 0 amide bonds. The lowest BCUT2D eigenvalue weighted by Gasteiger charge is -2.29. The lowest BCUT2D eigenvalue weighted by Crippen LogP contribution is -2.40. The molecule has 0 N–H and O–H groups in total. The van der Waals surface area contributed by atoms with Gasteiger partial charge in [0.15, 0.2) is 20.4 Å². The van der Waals surface area contributed by atoms with E-state index in [1.807, 2.05) is 28.4 Å². The van der Waals surface area contributed by atoms with Gasteiger partial charge in [-0.3, -0.25) is 4.90 Å². The smallest absolute Gasteiger partial charge is 0.199 e. The van der Waals surface area contributed by atoms with Crippen LogP contribution < -0.4 is 0 Å². The van der Waals surface area contributed by atoms with E-state index in [2.05, 4.69) is 37.8 Å². The Kier molecular flexibility index (Phi) is 5.88. The Morgan fingerprint density at radius 1 is 1.37 bits per heavy atom. The third-order valence-corrected chi connectivity index (χ3v) is 7.19. The number of hydrogen-bond acceptors (Lipinski definition) is 5. The Hall–Kier alpha value is -1.51. The van der Waals surface area contributed by atoms with Crippen molar-refractivity contribution in [1.29, 1.82) is 0 Å². The predicted octanol–water partition coefficient (Wildman–Crippen LogP) is 3.03. The Morgan fingerprint density at radius 2 is 2.11 bits per heavy atom. The van der Waals surface area contributed by atoms with Crippen molar-refractivity contribution < 1.29 is 8.42 Å². The van der Waals surface area contributed by atoms with E-state index in [-0.39, 0.29) is 17.5 Å². The van der Waals surface area contributed by atoms with Crippen LogP contribution >= 0.6 is 12.2 Å². The number of aryl methyl sites for hydroxylation is 1. The van der Waals surface area contributed by atoms with Crippen LogP contribution in [0.1, 0.15) is 25.8 Å². The molecule has 0 bridgehead atoms. The number of aromatic nitrogens is 3. The average Bonchev–Trinajstić information content (AvgIpc) is 3.08. The quantitative estimate of drug-likeness (QED) is 0.688. The lowest BCUT2D eigenvalue weighted by molar-refractivity contribution is 0.137. The number of benzene rings is 1. The van der Waals surface area contributed by atoms with Crippen molar-refractivity contribution in [3.63, 3.8) is 0 Å². The molecule has 0 radical (unpaired) electrons. The predicted molar refractivity (Wildman–Crippen MR) is 111 cm³/mol. The van der Waals surface area contributed by atoms with E-state index in [0.717, 1.165) is 17.9 Å². The van der Waals surface area contributed by atoms with Crippen LogP contribution in [0.25, 0.3) is 11.4 Å². The molecule has 1 saturated heterocycles. The molecule has 3 rings (SSSR count). The van der Waals surface area contributed by atoms with E-state index < -0.39 is 9.84 Å². The second-order valence-corrected chi connectivity index (χ2v) is 10.5. The van der Waals surface area contributed by atoms with Gasteiger partial charge in [-0.15, -0.1) is 0 Å². The summed E-state index contributed by atoms with van der Waals surface area (Å²) in [5.41, 5.74) is 2.20. The standard InChI is InChI=1S/C19H28N4O2S2/c1-14(2)11-22(17-8-9-27(24,25)12-17)13-23-19(26)21(4)18(20-23)16-7-5-6-15(3)10-16/h5-7,10,14,17H,8-9,11-13H2,1-4H3/t17-/m0/s1. The monoisotopic (exact) mass is 408 g/mol. The van der Waals surface area contributed by atoms with E-state index in [0.29, 0.717) is 23.8 Å². The SMILES string of the molecule is Cc1cccc(-c2nn(CN(CC(C)C)[C@H]3CCS(=O)(=O)C3)c(=S)n2C)c1. The first-order valence-electron chi connectivity index (χ1n) is 9.31. The summed E-state index contributed by atoms with van der Waals surface area (Å²) in [6.07, 6.45) is 0.681. The van der Waals surface area contributed by atoms with Crippen molar-refractivity contribution in [1.82, 2.24) is 19.2 Å². The molecule has 0 spiro atoms. The maximum Gasteiger partial charge on any atom is 0.199 e. The Balaban J connectivity index is 1.90. The Morgan fingerprint density at radius 3 is 2.70 bits per heavy atom. The molecule has 27 heavy (non-hydrogen) atoms. The molecule has 6 nitrogen and oxygen atoms in total. The van der Waals surface area contributed by atoms with Gasteiger partial charge in [-0.1, -0.05) is 37.6 Å². The van der Waals surface area contributed by atoms with Gasteiger partial charge in [0.25, 0.3) is 0 Å². The molecular weight excluding hydrogens is 380 g/mol. The molecule has 1 aromatic carbocycles. The zero-order chi connectivity index (χ0) is 19.8. The van der Waals surface area contributed by atoms with Crippen LogP contribution in [0.2, 0.25) is 0 Å². The fraction of sp³-hybridized carbons (Fsp3) is 0.579. The van der Waals surface area contributed by atoms with Gasteiger partial charge in [-0.25, -0.2) is 13.1 Å². The number of hydrogen-bond donors (Lipinski definition) is 0. The lowest BCUT2D eigenvalue weighted by atomic mass is 10.1. The molecule has 8 heteroatoms. The molecule has 0 aliphatic carbocycles. The van der Waals surface area contributed by atoms with Gasteiger partial charge < -0.3 is 4.57 Å². The van der Waals surface area contributed by atoms with Crippen molar-refractivity contribution >= 4 is 22.1 Å². The second kappa shape index (κ2) is 7.85. The van der Waals surface area contributed by atoms with Crippen molar-refractivity contribution in [3.8, 4) is 11.4 Å². The van der Waals surface area contributed by atoms with Crippen LogP contribution in [0.5, 0.6) is 0 Å². The number of nitrogens with zero attached hydrogens (tertiary/aromatic N) is 4. The van der Waals surface area contributed by atoms with Gasteiger partial charge >= 0.3 is 0 Å². The topological polar surface area (TPSA) is 60.1 Å². The van der Waals surface area contributed by atoms with Crippen LogP contribution in [-0.4, -0.2) is 51.8 Å². The summed E-state index contributed by atoms with van der Waals surface area (Å²) in [5.74, 6) is 1.76. The highest BCUT2D eigenvalue weighted by Crippen LogP contribution is 2.22. The zero-order valence-corrected chi connectivity index (χ0v) is 18.1. The normalized spacial score (nSPS) is 19.3. The van der Waals surface area contributed by atoms with Crippen LogP contribution in [0.15, 0.2) is 24.3 Å². The first kappa shape index (κ1) is 20.2. The largest absolute Gasteiger partial charge is 0.303 e. The zero-order valence-electron chi connectivity index (χ0n) is 16.4. The molecule has 1 aromatic heterocycles. The molecule has 0 unspecified atom stereocenters. The maximum absolute atomic E-state index is 12.0. The third-order valence-electron chi connectivity index (χ3n) is 4.96. The van der Waals surface area contributed by atoms with E-state index in [1.165, 1.54) is 5.56 Å². The Labute approximate surface area is 166 Å². The van der Waals surface area contributed by atoms with E-state index in [4.69, 9.17) is 17.3 Å². The third kappa shape index (κ3) is 4.67. The first-order valence-corrected chi connectivity index (χ1v) is 11.5. The van der Waals surface area contributed by atoms with Gasteiger partial charge in [0, 0.05) is 25.2 Å². The highest BCUT2D eigenvalue weighted by molar-refractivity contribution is 7.91. The van der Waals surface area contributed by atoms with Crippen LogP contribution in [0.4, 0.5) is 0 Å². The van der Waals surface area contributed by atoms with Crippen molar-refractivity contribution in [3.05, 3.63) is 34.6 Å². The minimum Gasteiger partial charge on any atom is -0.303 e. The van der Waals surface area contributed by atoms with Crippen LogP contribution in [0.3, 0.4) is 0 Å². The summed E-state index contributed by atoms with van der Waals surface area (Å²) in [5, 5.41) is 4.76.